The van der Waals surface area contributed by atoms with E-state index in [2.05, 4.69) is 5.32 Å². The summed E-state index contributed by atoms with van der Waals surface area (Å²) in [6.07, 6.45) is 1.58. The number of aliphatic hydroxyl groups is 1. The van der Waals surface area contributed by atoms with Crippen molar-refractivity contribution in [2.24, 2.45) is 0 Å². The Labute approximate surface area is 140 Å². The molecule has 2 N–H and O–H groups in total. The lowest BCUT2D eigenvalue weighted by Crippen LogP contribution is -2.25. The van der Waals surface area contributed by atoms with Gasteiger partial charge < -0.3 is 14.8 Å². The molecular formula is C20H19NO3. The van der Waals surface area contributed by atoms with Gasteiger partial charge in [0.25, 0.3) is 5.91 Å². The van der Waals surface area contributed by atoms with Crippen LogP contribution in [0.15, 0.2) is 77.4 Å². The highest BCUT2D eigenvalue weighted by Crippen LogP contribution is 2.21. The van der Waals surface area contributed by atoms with E-state index in [1.54, 1.807) is 30.5 Å². The molecule has 1 atom stereocenters. The standard InChI is InChI=1S/C20H19NO3/c22-19(15-5-2-1-3-6-15)16-8-10-17(11-9-16)20(23)21-13-12-18-7-4-14-24-18/h1-11,14,19,22H,12-13H2,(H,21,23)/t19-/m0/s1. The van der Waals surface area contributed by atoms with Crippen molar-refractivity contribution in [1.82, 2.24) is 5.32 Å². The molecule has 1 heterocycles. The number of carbonyl (C=O) groups excluding carboxylic acids is 1. The molecule has 0 saturated heterocycles. The Balaban J connectivity index is 1.58. The Morgan fingerprint density at radius 2 is 1.67 bits per heavy atom. The van der Waals surface area contributed by atoms with Gasteiger partial charge in [-0.15, -0.1) is 0 Å². The number of hydrogen-bond acceptors (Lipinski definition) is 3. The van der Waals surface area contributed by atoms with Gasteiger partial charge in [0.1, 0.15) is 11.9 Å². The second-order valence-corrected chi connectivity index (χ2v) is 5.52. The third kappa shape index (κ3) is 3.91. The lowest BCUT2D eigenvalue weighted by molar-refractivity contribution is 0.0953. The van der Waals surface area contributed by atoms with E-state index in [1.165, 1.54) is 0 Å². The van der Waals surface area contributed by atoms with Crippen LogP contribution in [-0.4, -0.2) is 17.6 Å². The van der Waals surface area contributed by atoms with Crippen LogP contribution in [0.1, 0.15) is 33.3 Å². The van der Waals surface area contributed by atoms with Crippen molar-refractivity contribution in [2.75, 3.05) is 6.54 Å². The highest BCUT2D eigenvalue weighted by molar-refractivity contribution is 5.94. The van der Waals surface area contributed by atoms with Crippen LogP contribution in [0.25, 0.3) is 0 Å². The Kier molecular flexibility index (Phi) is 5.08. The topological polar surface area (TPSA) is 62.5 Å². The minimum atomic E-state index is -0.692. The van der Waals surface area contributed by atoms with Crippen molar-refractivity contribution in [3.8, 4) is 0 Å². The third-order valence-electron chi connectivity index (χ3n) is 3.84. The molecule has 1 aromatic heterocycles. The van der Waals surface area contributed by atoms with E-state index in [1.807, 2.05) is 42.5 Å². The maximum absolute atomic E-state index is 12.1. The number of rotatable bonds is 6. The van der Waals surface area contributed by atoms with Crippen LogP contribution in [-0.2, 0) is 6.42 Å². The lowest BCUT2D eigenvalue weighted by Gasteiger charge is -2.12. The third-order valence-corrected chi connectivity index (χ3v) is 3.84. The number of benzene rings is 2. The molecule has 0 spiro atoms. The highest BCUT2D eigenvalue weighted by atomic mass is 16.3. The first-order chi connectivity index (χ1) is 11.7. The summed E-state index contributed by atoms with van der Waals surface area (Å²) >= 11 is 0. The summed E-state index contributed by atoms with van der Waals surface area (Å²) in [4.78, 5) is 12.1. The molecule has 3 rings (SSSR count). The summed E-state index contributed by atoms with van der Waals surface area (Å²) < 4.78 is 5.23. The van der Waals surface area contributed by atoms with E-state index in [4.69, 9.17) is 4.42 Å². The predicted octanol–water partition coefficient (Wildman–Crippen LogP) is 3.33. The number of carbonyl (C=O) groups is 1. The second-order valence-electron chi connectivity index (χ2n) is 5.52. The zero-order valence-electron chi connectivity index (χ0n) is 13.2. The molecular weight excluding hydrogens is 302 g/mol. The number of hydrogen-bond donors (Lipinski definition) is 2. The Morgan fingerprint density at radius 1 is 0.958 bits per heavy atom. The maximum Gasteiger partial charge on any atom is 0.251 e. The van der Waals surface area contributed by atoms with Crippen molar-refractivity contribution >= 4 is 5.91 Å². The van der Waals surface area contributed by atoms with Gasteiger partial charge in [0.15, 0.2) is 0 Å². The SMILES string of the molecule is O=C(NCCc1ccco1)c1ccc([C@@H](O)c2ccccc2)cc1. The molecule has 1 amide bonds. The van der Waals surface area contributed by atoms with E-state index in [-0.39, 0.29) is 5.91 Å². The molecule has 0 aliphatic rings. The molecule has 0 aliphatic carbocycles. The van der Waals surface area contributed by atoms with Crippen molar-refractivity contribution < 1.29 is 14.3 Å². The van der Waals surface area contributed by atoms with Crippen LogP contribution in [0.3, 0.4) is 0 Å². The number of amides is 1. The van der Waals surface area contributed by atoms with E-state index in [0.29, 0.717) is 18.5 Å². The molecule has 4 nitrogen and oxygen atoms in total. The summed E-state index contributed by atoms with van der Waals surface area (Å²) in [5, 5.41) is 13.2. The van der Waals surface area contributed by atoms with Gasteiger partial charge in [-0.2, -0.15) is 0 Å². The van der Waals surface area contributed by atoms with Gasteiger partial charge in [0.05, 0.1) is 6.26 Å². The van der Waals surface area contributed by atoms with Crippen LogP contribution >= 0.6 is 0 Å². The van der Waals surface area contributed by atoms with Gasteiger partial charge in [-0.1, -0.05) is 42.5 Å². The van der Waals surface area contributed by atoms with Crippen LogP contribution in [0.2, 0.25) is 0 Å². The largest absolute Gasteiger partial charge is 0.469 e. The zero-order valence-corrected chi connectivity index (χ0v) is 13.2. The molecule has 0 unspecified atom stereocenters. The lowest BCUT2D eigenvalue weighted by atomic mass is 10.0. The van der Waals surface area contributed by atoms with Gasteiger partial charge in [-0.25, -0.2) is 0 Å². The molecule has 0 saturated carbocycles. The number of furan rings is 1. The zero-order chi connectivity index (χ0) is 16.8. The molecule has 0 fully saturated rings. The van der Waals surface area contributed by atoms with Crippen LogP contribution in [0.4, 0.5) is 0 Å². The second kappa shape index (κ2) is 7.62. The monoisotopic (exact) mass is 321 g/mol. The average Bonchev–Trinajstić information content (AvgIpc) is 3.15. The first-order valence-electron chi connectivity index (χ1n) is 7.87. The van der Waals surface area contributed by atoms with E-state index < -0.39 is 6.10 Å². The molecule has 122 valence electrons. The fraction of sp³-hybridized carbons (Fsp3) is 0.150. The van der Waals surface area contributed by atoms with Gasteiger partial charge in [0, 0.05) is 18.5 Å². The summed E-state index contributed by atoms with van der Waals surface area (Å²) in [6, 6.07) is 20.1. The van der Waals surface area contributed by atoms with Crippen molar-refractivity contribution in [1.29, 1.82) is 0 Å². The molecule has 0 aliphatic heterocycles. The summed E-state index contributed by atoms with van der Waals surface area (Å²) in [7, 11) is 0. The van der Waals surface area contributed by atoms with Crippen LogP contribution < -0.4 is 5.32 Å². The Morgan fingerprint density at radius 3 is 2.33 bits per heavy atom. The molecule has 0 radical (unpaired) electrons. The van der Waals surface area contributed by atoms with Gasteiger partial charge in [-0.05, 0) is 35.4 Å². The van der Waals surface area contributed by atoms with Crippen LogP contribution in [0, 0.1) is 0 Å². The maximum atomic E-state index is 12.1. The van der Waals surface area contributed by atoms with Gasteiger partial charge in [-0.3, -0.25) is 4.79 Å². The Bertz CT molecular complexity index is 764. The van der Waals surface area contributed by atoms with E-state index in [9.17, 15) is 9.90 Å². The average molecular weight is 321 g/mol. The van der Waals surface area contributed by atoms with Gasteiger partial charge >= 0.3 is 0 Å². The quantitative estimate of drug-likeness (QED) is 0.732. The molecule has 2 aromatic carbocycles. The molecule has 0 bridgehead atoms. The number of nitrogens with one attached hydrogen (secondary N) is 1. The minimum Gasteiger partial charge on any atom is -0.469 e. The normalized spacial score (nSPS) is 11.9. The Hall–Kier alpha value is -2.85. The van der Waals surface area contributed by atoms with Gasteiger partial charge in [0.2, 0.25) is 0 Å². The smallest absolute Gasteiger partial charge is 0.251 e. The van der Waals surface area contributed by atoms with E-state index in [0.717, 1.165) is 16.9 Å². The first-order valence-corrected chi connectivity index (χ1v) is 7.87. The molecule has 24 heavy (non-hydrogen) atoms. The van der Waals surface area contributed by atoms with Crippen LogP contribution in [0.5, 0.6) is 0 Å². The summed E-state index contributed by atoms with van der Waals surface area (Å²) in [6.45, 7) is 0.515. The van der Waals surface area contributed by atoms with Crippen molar-refractivity contribution in [3.63, 3.8) is 0 Å². The molecule has 4 heteroatoms. The minimum absolute atomic E-state index is 0.137. The van der Waals surface area contributed by atoms with Crippen molar-refractivity contribution in [2.45, 2.75) is 12.5 Å². The number of aliphatic hydroxyl groups excluding tert-OH is 1. The van der Waals surface area contributed by atoms with Crippen molar-refractivity contribution in [3.05, 3.63) is 95.4 Å². The fourth-order valence-electron chi connectivity index (χ4n) is 2.50. The first kappa shape index (κ1) is 16.0. The highest BCUT2D eigenvalue weighted by Gasteiger charge is 2.11. The summed E-state index contributed by atoms with van der Waals surface area (Å²) in [5.74, 6) is 0.707. The van der Waals surface area contributed by atoms with E-state index >= 15 is 0 Å². The predicted molar refractivity (Wildman–Crippen MR) is 91.7 cm³/mol. The fourth-order valence-corrected chi connectivity index (χ4v) is 2.50. The summed E-state index contributed by atoms with van der Waals surface area (Å²) in [5.41, 5.74) is 2.15. The molecule has 3 aromatic rings.